The second kappa shape index (κ2) is 5.44. The zero-order valence-electron chi connectivity index (χ0n) is 12.1. The molecule has 0 radical (unpaired) electrons. The summed E-state index contributed by atoms with van der Waals surface area (Å²) < 4.78 is 5.14. The van der Waals surface area contributed by atoms with E-state index in [1.54, 1.807) is 0 Å². The highest BCUT2D eigenvalue weighted by molar-refractivity contribution is 5.98. The quantitative estimate of drug-likeness (QED) is 0.773. The smallest absolute Gasteiger partial charge is 0.268 e. The molecule has 3 aromatic rings. The normalized spacial score (nSPS) is 11.0. The van der Waals surface area contributed by atoms with Crippen LogP contribution in [0.2, 0.25) is 0 Å². The van der Waals surface area contributed by atoms with Crippen LogP contribution in [0, 0.1) is 6.92 Å². The van der Waals surface area contributed by atoms with Crippen LogP contribution in [0.15, 0.2) is 34.9 Å². The van der Waals surface area contributed by atoms with Crippen molar-refractivity contribution in [3.05, 3.63) is 53.0 Å². The van der Waals surface area contributed by atoms with Gasteiger partial charge in [-0.15, -0.1) is 0 Å². The first-order chi connectivity index (χ1) is 10.2. The molecule has 0 fully saturated rings. The van der Waals surface area contributed by atoms with Crippen LogP contribution >= 0.6 is 0 Å². The summed E-state index contributed by atoms with van der Waals surface area (Å²) in [5.74, 6) is 0.505. The van der Waals surface area contributed by atoms with E-state index >= 15 is 0 Å². The molecular formula is C16H17N3O2. The number of aromatic amines is 1. The molecule has 2 heterocycles. The highest BCUT2D eigenvalue weighted by Crippen LogP contribution is 2.17. The van der Waals surface area contributed by atoms with Crippen molar-refractivity contribution in [3.8, 4) is 0 Å². The van der Waals surface area contributed by atoms with Gasteiger partial charge in [0, 0.05) is 17.0 Å². The molecule has 108 valence electrons. The van der Waals surface area contributed by atoms with Crippen molar-refractivity contribution in [2.45, 2.75) is 26.8 Å². The van der Waals surface area contributed by atoms with Gasteiger partial charge in [-0.2, -0.15) is 0 Å². The molecule has 0 aliphatic heterocycles. The van der Waals surface area contributed by atoms with E-state index in [0.717, 1.165) is 23.0 Å². The van der Waals surface area contributed by atoms with Gasteiger partial charge in [0.25, 0.3) is 5.91 Å². The maximum absolute atomic E-state index is 12.1. The lowest BCUT2D eigenvalue weighted by molar-refractivity contribution is 0.0943. The third-order valence-electron chi connectivity index (χ3n) is 3.41. The summed E-state index contributed by atoms with van der Waals surface area (Å²) in [6.07, 6.45) is 0.818. The van der Waals surface area contributed by atoms with Crippen molar-refractivity contribution >= 4 is 16.8 Å². The largest absolute Gasteiger partial charge is 0.359 e. The number of rotatable bonds is 4. The number of nitrogens with one attached hydrogen (secondary N) is 2. The highest BCUT2D eigenvalue weighted by Gasteiger charge is 2.10. The van der Waals surface area contributed by atoms with Gasteiger partial charge in [-0.05, 0) is 31.5 Å². The summed E-state index contributed by atoms with van der Waals surface area (Å²) in [5.41, 5.74) is 3.56. The number of amides is 1. The fourth-order valence-corrected chi connectivity index (χ4v) is 2.24. The van der Waals surface area contributed by atoms with Crippen LogP contribution in [0.1, 0.15) is 34.4 Å². The molecule has 1 aromatic carbocycles. The number of hydrogen-bond donors (Lipinski definition) is 2. The zero-order valence-corrected chi connectivity index (χ0v) is 12.1. The summed E-state index contributed by atoms with van der Waals surface area (Å²) in [6.45, 7) is 4.37. The molecule has 5 nitrogen and oxygen atoms in total. The predicted octanol–water partition coefficient (Wildman–Crippen LogP) is 2.96. The molecule has 21 heavy (non-hydrogen) atoms. The third-order valence-corrected chi connectivity index (χ3v) is 3.41. The molecule has 0 aliphatic rings. The number of fused-ring (bicyclic) bond motifs is 1. The van der Waals surface area contributed by atoms with Crippen LogP contribution in [-0.4, -0.2) is 16.0 Å². The molecule has 0 bridgehead atoms. The Morgan fingerprint density at radius 3 is 2.95 bits per heavy atom. The van der Waals surface area contributed by atoms with Crippen molar-refractivity contribution < 1.29 is 9.32 Å². The van der Waals surface area contributed by atoms with Crippen molar-refractivity contribution in [1.29, 1.82) is 0 Å². The number of aryl methyl sites for hydroxylation is 2. The Bertz CT molecular complexity index is 786. The maximum atomic E-state index is 12.1. The van der Waals surface area contributed by atoms with E-state index in [9.17, 15) is 4.79 Å². The molecule has 0 saturated heterocycles. The molecule has 5 heteroatoms. The number of aromatic nitrogens is 2. The van der Waals surface area contributed by atoms with Crippen LogP contribution in [0.25, 0.3) is 10.9 Å². The first-order valence-electron chi connectivity index (χ1n) is 6.97. The Morgan fingerprint density at radius 1 is 1.33 bits per heavy atom. The van der Waals surface area contributed by atoms with Gasteiger partial charge in [0.05, 0.1) is 12.2 Å². The van der Waals surface area contributed by atoms with Crippen molar-refractivity contribution in [3.63, 3.8) is 0 Å². The number of carbonyl (C=O) groups is 1. The number of carbonyl (C=O) groups excluding carboxylic acids is 1. The fourth-order valence-electron chi connectivity index (χ4n) is 2.24. The molecule has 0 unspecified atom stereocenters. The van der Waals surface area contributed by atoms with Crippen molar-refractivity contribution in [2.24, 2.45) is 0 Å². The second-order valence-corrected chi connectivity index (χ2v) is 5.09. The van der Waals surface area contributed by atoms with E-state index in [1.165, 1.54) is 5.56 Å². The SMILES string of the molecule is CCc1cc(CNC(=O)c2cc3cc(C)ccc3[nH]2)on1. The molecular weight excluding hydrogens is 266 g/mol. The van der Waals surface area contributed by atoms with Gasteiger partial charge in [-0.3, -0.25) is 4.79 Å². The fraction of sp³-hybridized carbons (Fsp3) is 0.250. The van der Waals surface area contributed by atoms with Crippen molar-refractivity contribution in [1.82, 2.24) is 15.5 Å². The average Bonchev–Trinajstić information content (AvgIpc) is 3.10. The average molecular weight is 283 g/mol. The Hall–Kier alpha value is -2.56. The lowest BCUT2D eigenvalue weighted by Crippen LogP contribution is -2.22. The number of nitrogens with zero attached hydrogens (tertiary/aromatic N) is 1. The van der Waals surface area contributed by atoms with E-state index in [2.05, 4.69) is 15.5 Å². The zero-order chi connectivity index (χ0) is 14.8. The topological polar surface area (TPSA) is 70.9 Å². The van der Waals surface area contributed by atoms with E-state index in [-0.39, 0.29) is 5.91 Å². The van der Waals surface area contributed by atoms with E-state index in [1.807, 2.05) is 44.2 Å². The first-order valence-corrected chi connectivity index (χ1v) is 6.97. The lowest BCUT2D eigenvalue weighted by Gasteiger charge is -1.99. The van der Waals surface area contributed by atoms with Crippen LogP contribution in [-0.2, 0) is 13.0 Å². The molecule has 2 aromatic heterocycles. The van der Waals surface area contributed by atoms with Crippen LogP contribution in [0.3, 0.4) is 0 Å². The summed E-state index contributed by atoms with van der Waals surface area (Å²) in [4.78, 5) is 15.3. The standard InChI is InChI=1S/C16H17N3O2/c1-3-12-8-13(21-19-12)9-17-16(20)15-7-11-6-10(2)4-5-14(11)18-15/h4-8,18H,3,9H2,1-2H3,(H,17,20). The van der Waals surface area contributed by atoms with E-state index in [0.29, 0.717) is 18.0 Å². The van der Waals surface area contributed by atoms with Crippen LogP contribution < -0.4 is 5.32 Å². The molecule has 0 saturated carbocycles. The van der Waals surface area contributed by atoms with E-state index < -0.39 is 0 Å². The Balaban J connectivity index is 1.71. The van der Waals surface area contributed by atoms with E-state index in [4.69, 9.17) is 4.52 Å². The third kappa shape index (κ3) is 2.81. The van der Waals surface area contributed by atoms with Gasteiger partial charge >= 0.3 is 0 Å². The number of H-pyrrole nitrogens is 1. The van der Waals surface area contributed by atoms with Gasteiger partial charge in [-0.25, -0.2) is 0 Å². The minimum atomic E-state index is -0.154. The monoisotopic (exact) mass is 283 g/mol. The Labute approximate surface area is 122 Å². The van der Waals surface area contributed by atoms with Gasteiger partial charge in [-0.1, -0.05) is 23.7 Å². The summed E-state index contributed by atoms with van der Waals surface area (Å²) in [6, 6.07) is 9.75. The van der Waals surface area contributed by atoms with Crippen LogP contribution in [0.5, 0.6) is 0 Å². The summed E-state index contributed by atoms with van der Waals surface area (Å²) in [7, 11) is 0. The minimum Gasteiger partial charge on any atom is -0.359 e. The molecule has 0 atom stereocenters. The van der Waals surface area contributed by atoms with Gasteiger partial charge in [0.1, 0.15) is 5.69 Å². The molecule has 0 spiro atoms. The first kappa shape index (κ1) is 13.4. The molecule has 1 amide bonds. The number of hydrogen-bond acceptors (Lipinski definition) is 3. The second-order valence-electron chi connectivity index (χ2n) is 5.09. The molecule has 3 rings (SSSR count). The number of benzene rings is 1. The predicted molar refractivity (Wildman–Crippen MR) is 80.1 cm³/mol. The molecule has 2 N–H and O–H groups in total. The summed E-state index contributed by atoms with van der Waals surface area (Å²) >= 11 is 0. The minimum absolute atomic E-state index is 0.154. The van der Waals surface area contributed by atoms with Gasteiger partial charge < -0.3 is 14.8 Å². The van der Waals surface area contributed by atoms with Crippen molar-refractivity contribution in [2.75, 3.05) is 0 Å². The maximum Gasteiger partial charge on any atom is 0.268 e. The highest BCUT2D eigenvalue weighted by atomic mass is 16.5. The van der Waals surface area contributed by atoms with Gasteiger partial charge in [0.15, 0.2) is 5.76 Å². The Kier molecular flexibility index (Phi) is 3.48. The molecule has 0 aliphatic carbocycles. The van der Waals surface area contributed by atoms with Crippen LogP contribution in [0.4, 0.5) is 0 Å². The Morgan fingerprint density at radius 2 is 2.19 bits per heavy atom. The van der Waals surface area contributed by atoms with Gasteiger partial charge in [0.2, 0.25) is 0 Å². The lowest BCUT2D eigenvalue weighted by atomic mass is 10.2. The summed E-state index contributed by atoms with van der Waals surface area (Å²) in [5, 5.41) is 7.76.